The average Bonchev–Trinajstić information content (AvgIpc) is 2.34. The van der Waals surface area contributed by atoms with Crippen molar-refractivity contribution in [2.75, 3.05) is 26.2 Å². The van der Waals surface area contributed by atoms with Crippen LogP contribution >= 0.6 is 0 Å². The minimum atomic E-state index is -0.871. The van der Waals surface area contributed by atoms with Crippen LogP contribution in [0.15, 0.2) is 12.1 Å². The zero-order valence-corrected chi connectivity index (χ0v) is 10.3. The SMILES string of the molecule is CC[C@H](c1c(F)cc(F)cc1F)N1CCNCC1. The van der Waals surface area contributed by atoms with Crippen LogP contribution in [0.25, 0.3) is 0 Å². The van der Waals surface area contributed by atoms with Gasteiger partial charge in [0.2, 0.25) is 0 Å². The summed E-state index contributed by atoms with van der Waals surface area (Å²) in [6.07, 6.45) is 0.597. The van der Waals surface area contributed by atoms with Crippen LogP contribution in [0.5, 0.6) is 0 Å². The summed E-state index contributed by atoms with van der Waals surface area (Å²) in [6.45, 7) is 4.99. The fourth-order valence-corrected chi connectivity index (χ4v) is 2.51. The third kappa shape index (κ3) is 2.67. The van der Waals surface area contributed by atoms with E-state index >= 15 is 0 Å². The molecule has 18 heavy (non-hydrogen) atoms. The van der Waals surface area contributed by atoms with Crippen LogP contribution in [-0.4, -0.2) is 31.1 Å². The predicted molar refractivity (Wildman–Crippen MR) is 63.8 cm³/mol. The summed E-state index contributed by atoms with van der Waals surface area (Å²) in [6, 6.07) is 1.18. The van der Waals surface area contributed by atoms with Crippen molar-refractivity contribution in [2.45, 2.75) is 19.4 Å². The summed E-state index contributed by atoms with van der Waals surface area (Å²) in [4.78, 5) is 2.04. The van der Waals surface area contributed by atoms with Crippen LogP contribution in [0, 0.1) is 17.5 Å². The normalized spacial score (nSPS) is 18.9. The maximum atomic E-state index is 13.8. The fraction of sp³-hybridized carbons (Fsp3) is 0.538. The lowest BCUT2D eigenvalue weighted by Gasteiger charge is -2.35. The van der Waals surface area contributed by atoms with Crippen molar-refractivity contribution < 1.29 is 13.2 Å². The summed E-state index contributed by atoms with van der Waals surface area (Å²) in [5.74, 6) is -2.46. The Balaban J connectivity index is 2.32. The van der Waals surface area contributed by atoms with E-state index in [-0.39, 0.29) is 11.6 Å². The minimum absolute atomic E-state index is 0.0131. The number of hydrogen-bond donors (Lipinski definition) is 1. The second kappa shape index (κ2) is 5.71. The van der Waals surface area contributed by atoms with Gasteiger partial charge in [0, 0.05) is 49.9 Å². The van der Waals surface area contributed by atoms with Crippen molar-refractivity contribution in [3.8, 4) is 0 Å². The fourth-order valence-electron chi connectivity index (χ4n) is 2.51. The van der Waals surface area contributed by atoms with Crippen LogP contribution in [0.4, 0.5) is 13.2 Å². The number of benzene rings is 1. The maximum absolute atomic E-state index is 13.8. The van der Waals surface area contributed by atoms with Gasteiger partial charge in [-0.15, -0.1) is 0 Å². The average molecular weight is 258 g/mol. The number of piperazine rings is 1. The summed E-state index contributed by atoms with van der Waals surface area (Å²) in [5.41, 5.74) is -0.0131. The highest BCUT2D eigenvalue weighted by atomic mass is 19.1. The lowest BCUT2D eigenvalue weighted by molar-refractivity contribution is 0.162. The van der Waals surface area contributed by atoms with Crippen molar-refractivity contribution in [1.82, 2.24) is 10.2 Å². The highest BCUT2D eigenvalue weighted by Crippen LogP contribution is 2.29. The largest absolute Gasteiger partial charge is 0.314 e. The first-order valence-corrected chi connectivity index (χ1v) is 6.22. The highest BCUT2D eigenvalue weighted by Gasteiger charge is 2.26. The van der Waals surface area contributed by atoms with E-state index in [1.165, 1.54) is 0 Å². The second-order valence-electron chi connectivity index (χ2n) is 4.49. The van der Waals surface area contributed by atoms with Gasteiger partial charge in [0.05, 0.1) is 0 Å². The summed E-state index contributed by atoms with van der Waals surface area (Å²) in [5, 5.41) is 3.19. The molecule has 0 radical (unpaired) electrons. The Morgan fingerprint density at radius 3 is 2.22 bits per heavy atom. The minimum Gasteiger partial charge on any atom is -0.314 e. The summed E-state index contributed by atoms with van der Waals surface area (Å²) in [7, 11) is 0. The van der Waals surface area contributed by atoms with E-state index in [1.54, 1.807) is 0 Å². The smallest absolute Gasteiger partial charge is 0.133 e. The molecule has 1 N–H and O–H groups in total. The van der Waals surface area contributed by atoms with Gasteiger partial charge in [0.15, 0.2) is 0 Å². The third-order valence-corrected chi connectivity index (χ3v) is 3.36. The van der Waals surface area contributed by atoms with E-state index in [1.807, 2.05) is 11.8 Å². The van der Waals surface area contributed by atoms with E-state index in [9.17, 15) is 13.2 Å². The van der Waals surface area contributed by atoms with E-state index in [4.69, 9.17) is 0 Å². The predicted octanol–water partition coefficient (Wildman–Crippen LogP) is 2.46. The molecule has 1 saturated heterocycles. The van der Waals surface area contributed by atoms with Gasteiger partial charge in [-0.05, 0) is 6.42 Å². The molecule has 2 rings (SSSR count). The quantitative estimate of drug-likeness (QED) is 0.896. The van der Waals surface area contributed by atoms with Crippen molar-refractivity contribution in [1.29, 1.82) is 0 Å². The molecule has 2 nitrogen and oxygen atoms in total. The van der Waals surface area contributed by atoms with Crippen molar-refractivity contribution >= 4 is 0 Å². The van der Waals surface area contributed by atoms with Gasteiger partial charge in [-0.2, -0.15) is 0 Å². The van der Waals surface area contributed by atoms with Crippen LogP contribution in [0.1, 0.15) is 24.9 Å². The number of nitrogens with zero attached hydrogens (tertiary/aromatic N) is 1. The molecule has 1 aromatic rings. The first-order chi connectivity index (χ1) is 8.63. The maximum Gasteiger partial charge on any atom is 0.133 e. The van der Waals surface area contributed by atoms with Gasteiger partial charge in [0.1, 0.15) is 17.5 Å². The lowest BCUT2D eigenvalue weighted by Crippen LogP contribution is -2.45. The molecule has 0 amide bonds. The van der Waals surface area contributed by atoms with Crippen LogP contribution < -0.4 is 5.32 Å². The Bertz CT molecular complexity index is 394. The molecule has 1 heterocycles. The van der Waals surface area contributed by atoms with Gasteiger partial charge in [-0.3, -0.25) is 4.90 Å². The van der Waals surface area contributed by atoms with Crippen molar-refractivity contribution in [2.24, 2.45) is 0 Å². The third-order valence-electron chi connectivity index (χ3n) is 3.36. The van der Waals surface area contributed by atoms with Gasteiger partial charge in [-0.25, -0.2) is 13.2 Å². The molecule has 1 aliphatic rings. The molecule has 5 heteroatoms. The first kappa shape index (κ1) is 13.4. The molecule has 0 bridgehead atoms. The second-order valence-corrected chi connectivity index (χ2v) is 4.49. The molecule has 1 fully saturated rings. The molecule has 100 valence electrons. The first-order valence-electron chi connectivity index (χ1n) is 6.22. The monoisotopic (exact) mass is 258 g/mol. The standard InChI is InChI=1S/C13H17F3N2/c1-2-12(18-5-3-17-4-6-18)13-10(15)7-9(14)8-11(13)16/h7-8,12,17H,2-6H2,1H3/t12-/m1/s1. The van der Waals surface area contributed by atoms with Crippen LogP contribution in [0.2, 0.25) is 0 Å². The Morgan fingerprint density at radius 1 is 1.17 bits per heavy atom. The Hall–Kier alpha value is -1.07. The molecule has 1 atom stereocenters. The zero-order valence-electron chi connectivity index (χ0n) is 10.3. The van der Waals surface area contributed by atoms with Crippen LogP contribution in [-0.2, 0) is 0 Å². The molecule has 0 aromatic heterocycles. The van der Waals surface area contributed by atoms with E-state index < -0.39 is 17.5 Å². The van der Waals surface area contributed by atoms with E-state index in [0.717, 1.165) is 38.3 Å². The van der Waals surface area contributed by atoms with Crippen LogP contribution in [0.3, 0.4) is 0 Å². The molecule has 0 spiro atoms. The van der Waals surface area contributed by atoms with Gasteiger partial charge in [-0.1, -0.05) is 6.92 Å². The molecule has 0 saturated carbocycles. The summed E-state index contributed by atoms with van der Waals surface area (Å²) >= 11 is 0. The Kier molecular flexibility index (Phi) is 4.24. The zero-order chi connectivity index (χ0) is 13.1. The summed E-state index contributed by atoms with van der Waals surface area (Å²) < 4.78 is 40.5. The molecule has 0 unspecified atom stereocenters. The topological polar surface area (TPSA) is 15.3 Å². The van der Waals surface area contributed by atoms with Gasteiger partial charge < -0.3 is 5.32 Å². The number of hydrogen-bond acceptors (Lipinski definition) is 2. The van der Waals surface area contributed by atoms with E-state index in [2.05, 4.69) is 5.32 Å². The molecular weight excluding hydrogens is 241 g/mol. The molecule has 1 aromatic carbocycles. The van der Waals surface area contributed by atoms with Crippen molar-refractivity contribution in [3.63, 3.8) is 0 Å². The molecule has 1 aliphatic heterocycles. The van der Waals surface area contributed by atoms with E-state index in [0.29, 0.717) is 6.42 Å². The Morgan fingerprint density at radius 2 is 1.72 bits per heavy atom. The highest BCUT2D eigenvalue weighted by molar-refractivity contribution is 5.24. The lowest BCUT2D eigenvalue weighted by atomic mass is 10.0. The number of nitrogens with one attached hydrogen (secondary N) is 1. The van der Waals surface area contributed by atoms with Crippen molar-refractivity contribution in [3.05, 3.63) is 35.1 Å². The number of rotatable bonds is 3. The Labute approximate surface area is 105 Å². The number of halogens is 3. The molecular formula is C13H17F3N2. The molecule has 0 aliphatic carbocycles. The van der Waals surface area contributed by atoms with Gasteiger partial charge >= 0.3 is 0 Å². The van der Waals surface area contributed by atoms with Gasteiger partial charge in [0.25, 0.3) is 0 Å².